The summed E-state index contributed by atoms with van der Waals surface area (Å²) < 4.78 is 0. The Balaban J connectivity index is 3.38. The summed E-state index contributed by atoms with van der Waals surface area (Å²) in [7, 11) is 2.37. The Kier molecular flexibility index (Phi) is 4.87. The second-order valence-electron chi connectivity index (χ2n) is 4.80. The zero-order valence-electron chi connectivity index (χ0n) is 8.91. The SMILES string of the molecule is BC(C)(CC)CCCC(C)C. The normalized spacial score (nSPS) is 16.8. The van der Waals surface area contributed by atoms with E-state index in [0.29, 0.717) is 5.31 Å². The van der Waals surface area contributed by atoms with Gasteiger partial charge in [-0.3, -0.25) is 0 Å². The molecule has 0 spiro atoms. The lowest BCUT2D eigenvalue weighted by atomic mass is 9.65. The van der Waals surface area contributed by atoms with Crippen molar-refractivity contribution >= 4 is 7.85 Å². The van der Waals surface area contributed by atoms with Gasteiger partial charge in [0.1, 0.15) is 7.85 Å². The van der Waals surface area contributed by atoms with E-state index in [9.17, 15) is 0 Å². The quantitative estimate of drug-likeness (QED) is 0.534. The van der Waals surface area contributed by atoms with Crippen LogP contribution in [0.1, 0.15) is 53.4 Å². The first-order valence-corrected chi connectivity index (χ1v) is 4.98. The summed E-state index contributed by atoms with van der Waals surface area (Å²) in [6, 6.07) is 0. The Hall–Kier alpha value is 0.0649. The minimum absolute atomic E-state index is 0.578. The van der Waals surface area contributed by atoms with Crippen LogP contribution in [0, 0.1) is 5.92 Å². The predicted molar refractivity (Wildman–Crippen MR) is 55.9 cm³/mol. The van der Waals surface area contributed by atoms with Crippen LogP contribution in [0.3, 0.4) is 0 Å². The van der Waals surface area contributed by atoms with Gasteiger partial charge in [0.2, 0.25) is 0 Å². The molecule has 0 aliphatic rings. The maximum Gasteiger partial charge on any atom is 0.109 e. The van der Waals surface area contributed by atoms with E-state index >= 15 is 0 Å². The van der Waals surface area contributed by atoms with Crippen molar-refractivity contribution < 1.29 is 0 Å². The van der Waals surface area contributed by atoms with Gasteiger partial charge in [-0.2, -0.15) is 0 Å². The fourth-order valence-corrected chi connectivity index (χ4v) is 1.17. The average Bonchev–Trinajstić information content (AvgIpc) is 1.87. The zero-order valence-corrected chi connectivity index (χ0v) is 8.91. The topological polar surface area (TPSA) is 0 Å². The minimum atomic E-state index is 0.578. The van der Waals surface area contributed by atoms with Gasteiger partial charge in [0, 0.05) is 0 Å². The molecule has 0 aromatic carbocycles. The van der Waals surface area contributed by atoms with Crippen molar-refractivity contribution in [2.45, 2.75) is 58.7 Å². The lowest BCUT2D eigenvalue weighted by molar-refractivity contribution is 0.464. The highest BCUT2D eigenvalue weighted by molar-refractivity contribution is 6.14. The van der Waals surface area contributed by atoms with Gasteiger partial charge in [-0.1, -0.05) is 58.7 Å². The predicted octanol–water partition coefficient (Wildman–Crippen LogP) is 3.03. The summed E-state index contributed by atoms with van der Waals surface area (Å²) in [6.45, 7) is 9.26. The van der Waals surface area contributed by atoms with Gasteiger partial charge in [0.05, 0.1) is 0 Å². The fraction of sp³-hybridized carbons (Fsp3) is 1.00. The van der Waals surface area contributed by atoms with Gasteiger partial charge >= 0.3 is 0 Å². The largest absolute Gasteiger partial charge is 0.109 e. The molecule has 0 nitrogen and oxygen atoms in total. The van der Waals surface area contributed by atoms with Crippen LogP contribution in [0.25, 0.3) is 0 Å². The van der Waals surface area contributed by atoms with E-state index in [1.54, 1.807) is 0 Å². The van der Waals surface area contributed by atoms with E-state index in [1.807, 2.05) is 0 Å². The molecule has 0 fully saturated rings. The van der Waals surface area contributed by atoms with Crippen molar-refractivity contribution in [3.8, 4) is 0 Å². The maximum absolute atomic E-state index is 2.37. The van der Waals surface area contributed by atoms with Crippen LogP contribution in [0.15, 0.2) is 0 Å². The van der Waals surface area contributed by atoms with Crippen molar-refractivity contribution in [3.05, 3.63) is 0 Å². The van der Waals surface area contributed by atoms with Gasteiger partial charge in [0.15, 0.2) is 0 Å². The van der Waals surface area contributed by atoms with Gasteiger partial charge in [-0.25, -0.2) is 0 Å². The van der Waals surface area contributed by atoms with Crippen LogP contribution in [0.4, 0.5) is 0 Å². The van der Waals surface area contributed by atoms with Crippen LogP contribution < -0.4 is 0 Å². The third-order valence-corrected chi connectivity index (χ3v) is 2.59. The Morgan fingerprint density at radius 3 is 2.27 bits per heavy atom. The molecule has 0 bridgehead atoms. The van der Waals surface area contributed by atoms with Gasteiger partial charge < -0.3 is 0 Å². The molecular formula is C10H23B. The van der Waals surface area contributed by atoms with Crippen molar-refractivity contribution in [2.24, 2.45) is 5.92 Å². The molecule has 1 unspecified atom stereocenters. The Bertz CT molecular complexity index is 95.0. The summed E-state index contributed by atoms with van der Waals surface area (Å²) in [5, 5.41) is 0.578. The van der Waals surface area contributed by atoms with Gasteiger partial charge in [0.25, 0.3) is 0 Å². The number of hydrogen-bond donors (Lipinski definition) is 0. The molecule has 0 amide bonds. The molecule has 0 radical (unpaired) electrons. The zero-order chi connectivity index (χ0) is 8.91. The van der Waals surface area contributed by atoms with Crippen molar-refractivity contribution in [2.75, 3.05) is 0 Å². The molecule has 0 heterocycles. The van der Waals surface area contributed by atoms with E-state index in [2.05, 4.69) is 35.5 Å². The highest BCUT2D eigenvalue weighted by Gasteiger charge is 2.14. The average molecular weight is 154 g/mol. The summed E-state index contributed by atoms with van der Waals surface area (Å²) in [4.78, 5) is 0. The molecule has 66 valence electrons. The third kappa shape index (κ3) is 6.46. The fourth-order valence-electron chi connectivity index (χ4n) is 1.17. The van der Waals surface area contributed by atoms with Crippen LogP contribution in [0.2, 0.25) is 5.31 Å². The first-order valence-electron chi connectivity index (χ1n) is 4.98. The Morgan fingerprint density at radius 1 is 1.36 bits per heavy atom. The second-order valence-corrected chi connectivity index (χ2v) is 4.80. The first-order chi connectivity index (χ1) is 4.98. The lowest BCUT2D eigenvalue weighted by Gasteiger charge is -2.22. The molecule has 0 N–H and O–H groups in total. The molecule has 0 aromatic heterocycles. The molecule has 0 aromatic rings. The van der Waals surface area contributed by atoms with Crippen LogP contribution in [0.5, 0.6) is 0 Å². The summed E-state index contributed by atoms with van der Waals surface area (Å²) in [6.07, 6.45) is 5.49. The second kappa shape index (κ2) is 4.85. The van der Waals surface area contributed by atoms with E-state index in [1.165, 1.54) is 25.7 Å². The molecule has 11 heavy (non-hydrogen) atoms. The van der Waals surface area contributed by atoms with E-state index in [4.69, 9.17) is 0 Å². The van der Waals surface area contributed by atoms with E-state index in [-0.39, 0.29) is 0 Å². The molecular weight excluding hydrogens is 131 g/mol. The molecule has 0 rings (SSSR count). The highest BCUT2D eigenvalue weighted by Crippen LogP contribution is 2.31. The van der Waals surface area contributed by atoms with Crippen molar-refractivity contribution in [1.82, 2.24) is 0 Å². The van der Waals surface area contributed by atoms with E-state index in [0.717, 1.165) is 5.92 Å². The Morgan fingerprint density at radius 2 is 1.91 bits per heavy atom. The molecule has 0 aliphatic carbocycles. The first kappa shape index (κ1) is 11.1. The standard InChI is InChI=1S/C10H23B/c1-5-10(4,11)8-6-7-9(2)3/h9H,5-8,11H2,1-4H3. The third-order valence-electron chi connectivity index (χ3n) is 2.59. The lowest BCUT2D eigenvalue weighted by Crippen LogP contribution is -2.06. The summed E-state index contributed by atoms with van der Waals surface area (Å²) >= 11 is 0. The molecule has 0 saturated heterocycles. The van der Waals surface area contributed by atoms with Crippen molar-refractivity contribution in [3.63, 3.8) is 0 Å². The highest BCUT2D eigenvalue weighted by atomic mass is 14.1. The molecule has 0 aliphatic heterocycles. The van der Waals surface area contributed by atoms with Crippen molar-refractivity contribution in [1.29, 1.82) is 0 Å². The van der Waals surface area contributed by atoms with Crippen LogP contribution in [-0.2, 0) is 0 Å². The smallest absolute Gasteiger partial charge is 0.0669 e. The van der Waals surface area contributed by atoms with Crippen LogP contribution >= 0.6 is 0 Å². The van der Waals surface area contributed by atoms with Gasteiger partial charge in [-0.05, 0) is 5.92 Å². The molecule has 0 saturated carbocycles. The summed E-state index contributed by atoms with van der Waals surface area (Å²) in [5.41, 5.74) is 0. The summed E-state index contributed by atoms with van der Waals surface area (Å²) in [5.74, 6) is 0.877. The minimum Gasteiger partial charge on any atom is -0.0669 e. The molecule has 1 atom stereocenters. The number of hydrogen-bond acceptors (Lipinski definition) is 0. The maximum atomic E-state index is 2.37. The Labute approximate surface area is 73.2 Å². The van der Waals surface area contributed by atoms with Gasteiger partial charge in [-0.15, -0.1) is 0 Å². The monoisotopic (exact) mass is 154 g/mol. The molecule has 1 heteroatoms. The van der Waals surface area contributed by atoms with Crippen LogP contribution in [-0.4, -0.2) is 7.85 Å². The van der Waals surface area contributed by atoms with E-state index < -0.39 is 0 Å². The number of rotatable bonds is 5.